The highest BCUT2D eigenvalue weighted by Crippen LogP contribution is 2.47. The lowest BCUT2D eigenvalue weighted by molar-refractivity contribution is -0.140. The molecular weight excluding hydrogens is 162 g/mol. The molecule has 2 N–H and O–H groups in total. The maximum absolute atomic E-state index is 10.7. The Morgan fingerprint density at radius 2 is 2.33 bits per heavy atom. The highest BCUT2D eigenvalue weighted by atomic mass is 16.5. The standard InChI is InChI=1S/C7H7NO4/c9-5-3-4(12-8-5)7(1-2-7)6(10)11/h3H,1-2H2,(H,8,9)(H,10,11). The predicted octanol–water partition coefficient (Wildman–Crippen LogP) is 0.0841. The summed E-state index contributed by atoms with van der Waals surface area (Å²) in [6, 6.07) is 1.20. The summed E-state index contributed by atoms with van der Waals surface area (Å²) in [6.07, 6.45) is 1.09. The molecular formula is C7H7NO4. The number of carboxylic acids is 1. The molecule has 0 spiro atoms. The molecule has 1 aromatic heterocycles. The molecule has 0 atom stereocenters. The Morgan fingerprint density at radius 1 is 1.67 bits per heavy atom. The Balaban J connectivity index is 2.43. The van der Waals surface area contributed by atoms with Gasteiger partial charge in [-0.2, -0.15) is 5.16 Å². The first-order chi connectivity index (χ1) is 5.65. The second-order valence-corrected chi connectivity index (χ2v) is 2.96. The van der Waals surface area contributed by atoms with Gasteiger partial charge in [0.15, 0.2) is 5.76 Å². The molecule has 12 heavy (non-hydrogen) atoms. The number of carboxylic acid groups (broad SMARTS) is 1. The minimum atomic E-state index is -0.926. The number of rotatable bonds is 2. The fraction of sp³-hybridized carbons (Fsp3) is 0.429. The SMILES string of the molecule is O=C(O)C1(c2cc(=O)[nH]o2)CC1. The van der Waals surface area contributed by atoms with E-state index in [2.05, 4.69) is 5.16 Å². The molecule has 5 nitrogen and oxygen atoms in total. The molecule has 0 bridgehead atoms. The molecule has 0 radical (unpaired) electrons. The van der Waals surface area contributed by atoms with Gasteiger partial charge in [-0.15, -0.1) is 0 Å². The van der Waals surface area contributed by atoms with Crippen molar-refractivity contribution in [3.63, 3.8) is 0 Å². The van der Waals surface area contributed by atoms with E-state index >= 15 is 0 Å². The number of H-pyrrole nitrogens is 1. The topological polar surface area (TPSA) is 83.3 Å². The van der Waals surface area contributed by atoms with E-state index in [9.17, 15) is 9.59 Å². The summed E-state index contributed by atoms with van der Waals surface area (Å²) < 4.78 is 4.73. The summed E-state index contributed by atoms with van der Waals surface area (Å²) in [4.78, 5) is 21.4. The third-order valence-corrected chi connectivity index (χ3v) is 2.15. The van der Waals surface area contributed by atoms with Crippen LogP contribution in [0.3, 0.4) is 0 Å². The summed E-state index contributed by atoms with van der Waals surface area (Å²) in [6.45, 7) is 0. The maximum atomic E-state index is 10.7. The van der Waals surface area contributed by atoms with Gasteiger partial charge in [0, 0.05) is 6.07 Å². The first kappa shape index (κ1) is 7.15. The van der Waals surface area contributed by atoms with Crippen LogP contribution < -0.4 is 5.56 Å². The van der Waals surface area contributed by atoms with Crippen LogP contribution >= 0.6 is 0 Å². The van der Waals surface area contributed by atoms with Crippen LogP contribution in [0.5, 0.6) is 0 Å². The summed E-state index contributed by atoms with van der Waals surface area (Å²) in [5.74, 6) is -0.690. The lowest BCUT2D eigenvalue weighted by atomic mass is 10.1. The van der Waals surface area contributed by atoms with E-state index in [4.69, 9.17) is 9.63 Å². The van der Waals surface area contributed by atoms with E-state index in [-0.39, 0.29) is 5.76 Å². The van der Waals surface area contributed by atoms with E-state index in [0.29, 0.717) is 12.8 Å². The van der Waals surface area contributed by atoms with Crippen LogP contribution in [0.25, 0.3) is 0 Å². The number of aromatic amines is 1. The molecule has 1 aliphatic rings. The third-order valence-electron chi connectivity index (χ3n) is 2.15. The molecule has 5 heteroatoms. The van der Waals surface area contributed by atoms with Gasteiger partial charge in [0.25, 0.3) is 5.56 Å². The lowest BCUT2D eigenvalue weighted by Gasteiger charge is -2.01. The van der Waals surface area contributed by atoms with Crippen molar-refractivity contribution in [2.75, 3.05) is 0 Å². The van der Waals surface area contributed by atoms with Crippen molar-refractivity contribution in [2.24, 2.45) is 0 Å². The van der Waals surface area contributed by atoms with Crippen LogP contribution in [0, 0.1) is 0 Å². The number of aliphatic carboxylic acids is 1. The molecule has 1 aromatic rings. The lowest BCUT2D eigenvalue weighted by Crippen LogP contribution is -2.18. The Kier molecular flexibility index (Phi) is 1.19. The van der Waals surface area contributed by atoms with Crippen LogP contribution in [0.1, 0.15) is 18.6 Å². The molecule has 1 fully saturated rings. The molecule has 1 aliphatic carbocycles. The molecule has 0 saturated heterocycles. The van der Waals surface area contributed by atoms with Crippen molar-refractivity contribution in [3.05, 3.63) is 22.2 Å². The Morgan fingerprint density at radius 3 is 2.67 bits per heavy atom. The first-order valence-corrected chi connectivity index (χ1v) is 3.57. The van der Waals surface area contributed by atoms with Gasteiger partial charge in [-0.3, -0.25) is 9.59 Å². The Hall–Kier alpha value is -1.52. The Bertz CT molecular complexity index is 371. The van der Waals surface area contributed by atoms with Crippen LogP contribution in [0.2, 0.25) is 0 Å². The summed E-state index contributed by atoms with van der Waals surface area (Å²) >= 11 is 0. The van der Waals surface area contributed by atoms with Gasteiger partial charge in [-0.05, 0) is 12.8 Å². The number of carbonyl (C=O) groups is 1. The van der Waals surface area contributed by atoms with Gasteiger partial charge in [-0.25, -0.2) is 0 Å². The summed E-state index contributed by atoms with van der Waals surface area (Å²) in [5.41, 5.74) is -1.31. The zero-order valence-electron chi connectivity index (χ0n) is 6.16. The van der Waals surface area contributed by atoms with Gasteiger partial charge in [-0.1, -0.05) is 0 Å². The van der Waals surface area contributed by atoms with Crippen molar-refractivity contribution < 1.29 is 14.4 Å². The third kappa shape index (κ3) is 0.792. The smallest absolute Gasteiger partial charge is 0.317 e. The molecule has 2 rings (SSSR count). The fourth-order valence-electron chi connectivity index (χ4n) is 1.21. The van der Waals surface area contributed by atoms with Gasteiger partial charge < -0.3 is 9.63 Å². The molecule has 0 aromatic carbocycles. The molecule has 1 saturated carbocycles. The first-order valence-electron chi connectivity index (χ1n) is 3.57. The van der Waals surface area contributed by atoms with E-state index in [1.54, 1.807) is 0 Å². The molecule has 0 aliphatic heterocycles. The van der Waals surface area contributed by atoms with Crippen LogP contribution in [0.4, 0.5) is 0 Å². The quantitative estimate of drug-likeness (QED) is 0.656. The number of aromatic nitrogens is 1. The molecule has 1 heterocycles. The number of hydrogen-bond donors (Lipinski definition) is 2. The van der Waals surface area contributed by atoms with Gasteiger partial charge in [0.1, 0.15) is 5.41 Å². The average Bonchev–Trinajstić information content (AvgIpc) is 2.71. The zero-order chi connectivity index (χ0) is 8.77. The molecule has 64 valence electrons. The van der Waals surface area contributed by atoms with Crippen LogP contribution in [-0.4, -0.2) is 16.2 Å². The largest absolute Gasteiger partial charge is 0.480 e. The van der Waals surface area contributed by atoms with Crippen LogP contribution in [-0.2, 0) is 10.2 Å². The van der Waals surface area contributed by atoms with Crippen molar-refractivity contribution >= 4 is 5.97 Å². The highest BCUT2D eigenvalue weighted by molar-refractivity contribution is 5.83. The second kappa shape index (κ2) is 2.00. The van der Waals surface area contributed by atoms with Crippen molar-refractivity contribution in [1.29, 1.82) is 0 Å². The van der Waals surface area contributed by atoms with Gasteiger partial charge >= 0.3 is 5.97 Å². The van der Waals surface area contributed by atoms with Crippen molar-refractivity contribution in [2.45, 2.75) is 18.3 Å². The van der Waals surface area contributed by atoms with E-state index < -0.39 is 16.9 Å². The van der Waals surface area contributed by atoms with Gasteiger partial charge in [0.2, 0.25) is 0 Å². The number of hydrogen-bond acceptors (Lipinski definition) is 3. The van der Waals surface area contributed by atoms with Crippen molar-refractivity contribution in [1.82, 2.24) is 5.16 Å². The van der Waals surface area contributed by atoms with E-state index in [1.807, 2.05) is 0 Å². The molecule has 0 unspecified atom stereocenters. The minimum Gasteiger partial charge on any atom is -0.480 e. The molecule has 0 amide bonds. The average molecular weight is 169 g/mol. The summed E-state index contributed by atoms with van der Waals surface area (Å²) in [7, 11) is 0. The van der Waals surface area contributed by atoms with E-state index in [1.165, 1.54) is 6.07 Å². The monoisotopic (exact) mass is 169 g/mol. The Labute approximate surface area is 67.0 Å². The van der Waals surface area contributed by atoms with Crippen molar-refractivity contribution in [3.8, 4) is 0 Å². The normalized spacial score (nSPS) is 19.0. The summed E-state index contributed by atoms with van der Waals surface area (Å²) in [5, 5.41) is 10.9. The minimum absolute atomic E-state index is 0.236. The van der Waals surface area contributed by atoms with Crippen LogP contribution in [0.15, 0.2) is 15.4 Å². The fourth-order valence-corrected chi connectivity index (χ4v) is 1.21. The zero-order valence-corrected chi connectivity index (χ0v) is 6.16. The maximum Gasteiger partial charge on any atom is 0.317 e. The second-order valence-electron chi connectivity index (χ2n) is 2.96. The van der Waals surface area contributed by atoms with E-state index in [0.717, 1.165) is 0 Å². The highest BCUT2D eigenvalue weighted by Gasteiger charge is 2.55. The predicted molar refractivity (Wildman–Crippen MR) is 37.9 cm³/mol. The van der Waals surface area contributed by atoms with Gasteiger partial charge in [0.05, 0.1) is 0 Å². The number of nitrogens with one attached hydrogen (secondary N) is 1.